The Hall–Kier alpha value is 0.873. The van der Waals surface area contributed by atoms with E-state index in [0.717, 1.165) is 0 Å². The summed E-state index contributed by atoms with van der Waals surface area (Å²) in [5.74, 6) is -1.54. The van der Waals surface area contributed by atoms with Gasteiger partial charge < -0.3 is 38.4 Å². The fourth-order valence-electron chi connectivity index (χ4n) is 3.31. The number of nitrogens with one attached hydrogen (secondary N) is 6. The van der Waals surface area contributed by atoms with Crippen LogP contribution in [0.1, 0.15) is 77.6 Å². The van der Waals surface area contributed by atoms with Crippen LogP contribution >= 0.6 is 0 Å². The molecular formula is C23H42N6O4W4-4. The van der Waals surface area contributed by atoms with E-state index in [9.17, 15) is 19.2 Å². The van der Waals surface area contributed by atoms with E-state index >= 15 is 0 Å². The second-order valence-corrected chi connectivity index (χ2v) is 8.49. The summed E-state index contributed by atoms with van der Waals surface area (Å²) in [6.45, 7) is 2.61. The van der Waals surface area contributed by atoms with Crippen molar-refractivity contribution in [2.45, 2.75) is 89.6 Å². The Balaban J connectivity index is -0.000000853. The summed E-state index contributed by atoms with van der Waals surface area (Å²) in [5.41, 5.74) is 30.1. The average molecular weight is 1200 g/mol. The molecule has 0 unspecified atom stereocenters. The van der Waals surface area contributed by atoms with Crippen molar-refractivity contribution in [1.29, 1.82) is 0 Å². The molecule has 0 aromatic rings. The van der Waals surface area contributed by atoms with E-state index in [4.69, 9.17) is 22.9 Å². The van der Waals surface area contributed by atoms with E-state index in [2.05, 4.69) is 10.6 Å². The second-order valence-electron chi connectivity index (χ2n) is 8.49. The number of amides is 2. The SMILES string of the molecule is CC(=O)CCNC(=O)[C@H](CCCCNC(=O)[C@@H]([NH-])CCCC[NH-])CC(=O)[C@@H]([NH-])CCCC[NH-].[W].[W].[W].[W]. The Morgan fingerprint density at radius 2 is 1.14 bits per heavy atom. The zero-order chi connectivity index (χ0) is 25.1. The van der Waals surface area contributed by atoms with Crippen LogP contribution in [0, 0.1) is 5.92 Å². The van der Waals surface area contributed by atoms with Crippen LogP contribution in [0.3, 0.4) is 0 Å². The maximum absolute atomic E-state index is 12.6. The molecule has 0 aromatic carbocycles. The molecule has 2 amide bonds. The van der Waals surface area contributed by atoms with E-state index in [1.807, 2.05) is 0 Å². The normalized spacial score (nSPS) is 12.2. The molecule has 3 atom stereocenters. The van der Waals surface area contributed by atoms with Gasteiger partial charge in [-0.15, -0.1) is 0 Å². The monoisotopic (exact) mass is 1200 g/mol. The molecule has 0 rings (SSSR count). The van der Waals surface area contributed by atoms with Crippen molar-refractivity contribution in [1.82, 2.24) is 10.6 Å². The Morgan fingerprint density at radius 3 is 1.65 bits per heavy atom. The fraction of sp³-hybridized carbons (Fsp3) is 0.826. The third-order valence-electron chi connectivity index (χ3n) is 5.42. The predicted octanol–water partition coefficient (Wildman–Crippen LogP) is 4.22. The van der Waals surface area contributed by atoms with Crippen molar-refractivity contribution in [2.75, 3.05) is 26.2 Å². The molecule has 0 saturated carbocycles. The summed E-state index contributed by atoms with van der Waals surface area (Å²) in [4.78, 5) is 48.0. The van der Waals surface area contributed by atoms with Gasteiger partial charge in [0.05, 0.1) is 0 Å². The first-order chi connectivity index (χ1) is 15.7. The number of unbranched alkanes of at least 4 members (excludes halogenated alkanes) is 3. The molecule has 0 spiro atoms. The molecule has 0 heterocycles. The largest absolute Gasteiger partial charge is 0.677 e. The van der Waals surface area contributed by atoms with Crippen LogP contribution in [0.5, 0.6) is 0 Å². The number of carbonyl (C=O) groups is 4. The first-order valence-electron chi connectivity index (χ1n) is 12.0. The standard InChI is InChI=1S/C23H42N6O4.4W/c1-17(30)11-15-29-22(32)18(16-21(31)19(26)9-2-5-12-24)8-4-7-14-28-23(33)20(27)10-3-6-13-25;;;;/h18-20,24-27H,2-16H2,1H3,(H,28,33)(H,29,32);;;;/q-4;;;;/t18-,19+,20+;;;;/m1..../s1. The molecule has 14 heteroatoms. The van der Waals surface area contributed by atoms with E-state index in [-0.39, 0.29) is 134 Å². The molecule has 0 saturated heterocycles. The molecule has 0 aliphatic rings. The molecule has 0 aliphatic heterocycles. The third kappa shape index (κ3) is 26.8. The van der Waals surface area contributed by atoms with Crippen molar-refractivity contribution in [3.8, 4) is 0 Å². The molecule has 0 aliphatic carbocycles. The molecule has 0 fully saturated rings. The zero-order valence-corrected chi connectivity index (χ0v) is 33.3. The molecule has 0 bridgehead atoms. The quantitative estimate of drug-likeness (QED) is 0.163. The number of hydrogen-bond acceptors (Lipinski definition) is 4. The smallest absolute Gasteiger partial charge is 0.223 e. The van der Waals surface area contributed by atoms with Gasteiger partial charge in [-0.25, -0.2) is 0 Å². The Morgan fingerprint density at radius 1 is 0.649 bits per heavy atom. The topological polar surface area (TPSA) is 188 Å². The van der Waals surface area contributed by atoms with Crippen molar-refractivity contribution in [2.24, 2.45) is 5.92 Å². The van der Waals surface area contributed by atoms with Crippen molar-refractivity contribution in [3.05, 3.63) is 22.9 Å². The maximum atomic E-state index is 12.6. The summed E-state index contributed by atoms with van der Waals surface area (Å²) < 4.78 is 0. The van der Waals surface area contributed by atoms with E-state index in [1.165, 1.54) is 6.92 Å². The van der Waals surface area contributed by atoms with Crippen molar-refractivity contribution in [3.63, 3.8) is 0 Å². The molecular weight excluding hydrogens is 1160 g/mol. The van der Waals surface area contributed by atoms with Gasteiger partial charge in [-0.05, 0) is 19.8 Å². The van der Waals surface area contributed by atoms with Gasteiger partial charge in [-0.1, -0.05) is 57.0 Å². The zero-order valence-electron chi connectivity index (χ0n) is 21.6. The fourth-order valence-corrected chi connectivity index (χ4v) is 3.31. The minimum absolute atomic E-state index is 0. The summed E-state index contributed by atoms with van der Waals surface area (Å²) in [6, 6.07) is -1.73. The van der Waals surface area contributed by atoms with E-state index < -0.39 is 18.0 Å². The van der Waals surface area contributed by atoms with Crippen molar-refractivity contribution >= 4 is 23.4 Å². The number of rotatable bonds is 21. The van der Waals surface area contributed by atoms with Crippen LogP contribution in [-0.4, -0.2) is 61.6 Å². The first kappa shape index (κ1) is 47.7. The van der Waals surface area contributed by atoms with Gasteiger partial charge in [-0.3, -0.25) is 14.4 Å². The second kappa shape index (κ2) is 31.4. The molecule has 37 heavy (non-hydrogen) atoms. The minimum atomic E-state index is -0.896. The van der Waals surface area contributed by atoms with Crippen LogP contribution < -0.4 is 10.6 Å². The van der Waals surface area contributed by atoms with Crippen LogP contribution in [-0.2, 0) is 103 Å². The summed E-state index contributed by atoms with van der Waals surface area (Å²) in [7, 11) is 0. The van der Waals surface area contributed by atoms with Gasteiger partial charge in [0, 0.05) is 116 Å². The van der Waals surface area contributed by atoms with Crippen LogP contribution in [0.2, 0.25) is 0 Å². The average Bonchev–Trinajstić information content (AvgIpc) is 2.77. The number of ketones is 2. The molecule has 10 nitrogen and oxygen atoms in total. The van der Waals surface area contributed by atoms with Gasteiger partial charge in [0.1, 0.15) is 11.6 Å². The van der Waals surface area contributed by atoms with Gasteiger partial charge in [0.25, 0.3) is 0 Å². The van der Waals surface area contributed by atoms with Crippen LogP contribution in [0.15, 0.2) is 0 Å². The van der Waals surface area contributed by atoms with Crippen molar-refractivity contribution < 1.29 is 103 Å². The molecule has 6 N–H and O–H groups in total. The Labute approximate surface area is 279 Å². The summed E-state index contributed by atoms with van der Waals surface area (Å²) in [6.07, 6.45) is 5.29. The minimum Gasteiger partial charge on any atom is -0.677 e. The number of hydrogen-bond donors (Lipinski definition) is 2. The van der Waals surface area contributed by atoms with Gasteiger partial charge in [0.2, 0.25) is 11.8 Å². The van der Waals surface area contributed by atoms with Crippen LogP contribution in [0.25, 0.3) is 22.9 Å². The van der Waals surface area contributed by atoms with E-state index in [0.29, 0.717) is 70.9 Å². The maximum Gasteiger partial charge on any atom is 0.223 e. The third-order valence-corrected chi connectivity index (χ3v) is 5.42. The predicted molar refractivity (Wildman–Crippen MR) is 131 cm³/mol. The van der Waals surface area contributed by atoms with Gasteiger partial charge in [-0.2, -0.15) is 13.1 Å². The molecule has 216 valence electrons. The van der Waals surface area contributed by atoms with Gasteiger partial charge in [0.15, 0.2) is 0 Å². The Bertz CT molecular complexity index is 606. The molecule has 0 radical (unpaired) electrons. The first-order valence-corrected chi connectivity index (χ1v) is 12.0. The number of Topliss-reactive ketones (excluding diaryl/α,β-unsaturated/α-hetero) is 2. The van der Waals surface area contributed by atoms with E-state index in [1.54, 1.807) is 0 Å². The van der Waals surface area contributed by atoms with Crippen LogP contribution in [0.4, 0.5) is 0 Å². The van der Waals surface area contributed by atoms with Gasteiger partial charge >= 0.3 is 0 Å². The number of carbonyl (C=O) groups excluding carboxylic acids is 4. The Kier molecular flexibility index (Phi) is 40.4. The summed E-state index contributed by atoms with van der Waals surface area (Å²) >= 11 is 0. The molecule has 0 aromatic heterocycles. The summed E-state index contributed by atoms with van der Waals surface area (Å²) in [5, 5.41) is 5.43.